The van der Waals surface area contributed by atoms with Crippen LogP contribution >= 0.6 is 0 Å². The first kappa shape index (κ1) is 16.5. The summed E-state index contributed by atoms with van der Waals surface area (Å²) >= 11 is 0. The van der Waals surface area contributed by atoms with Crippen LogP contribution in [0.25, 0.3) is 0 Å². The fourth-order valence-corrected chi connectivity index (χ4v) is 3.27. The molecule has 4 nitrogen and oxygen atoms in total. The van der Waals surface area contributed by atoms with Gasteiger partial charge in [0.1, 0.15) is 0 Å². The van der Waals surface area contributed by atoms with Crippen molar-refractivity contribution in [1.29, 1.82) is 0 Å². The van der Waals surface area contributed by atoms with E-state index in [1.54, 1.807) is 0 Å². The maximum absolute atomic E-state index is 12.1. The number of rotatable bonds is 5. The first-order valence-electron chi connectivity index (χ1n) is 8.73. The predicted molar refractivity (Wildman–Crippen MR) is 95.8 cm³/mol. The summed E-state index contributed by atoms with van der Waals surface area (Å²) in [7, 11) is 0. The Morgan fingerprint density at radius 1 is 1.29 bits per heavy atom. The van der Waals surface area contributed by atoms with E-state index in [1.165, 1.54) is 5.56 Å². The van der Waals surface area contributed by atoms with E-state index in [0.717, 1.165) is 43.7 Å². The molecule has 0 saturated carbocycles. The topological polar surface area (TPSA) is 49.0 Å². The van der Waals surface area contributed by atoms with Crippen LogP contribution in [-0.2, 0) is 11.2 Å². The van der Waals surface area contributed by atoms with Crippen LogP contribution in [0.3, 0.4) is 0 Å². The average Bonchev–Trinajstić information content (AvgIpc) is 3.09. The summed E-state index contributed by atoms with van der Waals surface area (Å²) in [6.07, 6.45) is 7.26. The molecular formula is C20H25N3O. The number of carbonyl (C=O) groups is 1. The second-order valence-corrected chi connectivity index (χ2v) is 6.41. The standard InChI is InChI=1S/C20H25N3O/c1-2-3-9-20(24)23-12-10-17(11-13-23)19-15-18(21-22-19)14-16-7-5-4-6-8-16/h2-8,15,17H,9-14H2,1H3,(H,21,22)/b3-2+. The zero-order valence-corrected chi connectivity index (χ0v) is 14.2. The number of aromatic amines is 1. The van der Waals surface area contributed by atoms with Crippen molar-refractivity contribution in [2.24, 2.45) is 0 Å². The van der Waals surface area contributed by atoms with Crippen molar-refractivity contribution in [2.45, 2.75) is 38.5 Å². The molecule has 24 heavy (non-hydrogen) atoms. The Balaban J connectivity index is 1.54. The summed E-state index contributed by atoms with van der Waals surface area (Å²) in [5.74, 6) is 0.690. The molecule has 2 heterocycles. The summed E-state index contributed by atoms with van der Waals surface area (Å²) in [5, 5.41) is 7.69. The Bertz CT molecular complexity index is 682. The number of amides is 1. The number of piperidine rings is 1. The largest absolute Gasteiger partial charge is 0.342 e. The van der Waals surface area contributed by atoms with E-state index < -0.39 is 0 Å². The normalized spacial score (nSPS) is 16.0. The molecule has 1 saturated heterocycles. The minimum absolute atomic E-state index is 0.235. The molecule has 0 bridgehead atoms. The van der Waals surface area contributed by atoms with Gasteiger partial charge in [0.25, 0.3) is 0 Å². The Labute approximate surface area is 143 Å². The van der Waals surface area contributed by atoms with Crippen molar-refractivity contribution < 1.29 is 4.79 Å². The molecular weight excluding hydrogens is 298 g/mol. The van der Waals surface area contributed by atoms with Gasteiger partial charge in [0.2, 0.25) is 5.91 Å². The van der Waals surface area contributed by atoms with Crippen molar-refractivity contribution in [3.8, 4) is 0 Å². The Hall–Kier alpha value is -2.36. The molecule has 1 N–H and O–H groups in total. The first-order valence-corrected chi connectivity index (χ1v) is 8.73. The van der Waals surface area contributed by atoms with Crippen LogP contribution in [0.4, 0.5) is 0 Å². The van der Waals surface area contributed by atoms with Gasteiger partial charge in [0, 0.05) is 37.5 Å². The highest BCUT2D eigenvalue weighted by atomic mass is 16.2. The highest BCUT2D eigenvalue weighted by Gasteiger charge is 2.24. The number of likely N-dealkylation sites (tertiary alicyclic amines) is 1. The molecule has 126 valence electrons. The number of hydrogen-bond donors (Lipinski definition) is 1. The average molecular weight is 323 g/mol. The number of nitrogens with one attached hydrogen (secondary N) is 1. The lowest BCUT2D eigenvalue weighted by Crippen LogP contribution is -2.37. The third-order valence-electron chi connectivity index (χ3n) is 4.68. The van der Waals surface area contributed by atoms with Crippen molar-refractivity contribution >= 4 is 5.91 Å². The molecule has 1 fully saturated rings. The number of H-pyrrole nitrogens is 1. The monoisotopic (exact) mass is 323 g/mol. The van der Waals surface area contributed by atoms with E-state index in [-0.39, 0.29) is 5.91 Å². The van der Waals surface area contributed by atoms with Crippen LogP contribution in [0.5, 0.6) is 0 Å². The molecule has 0 atom stereocenters. The molecule has 1 aliphatic heterocycles. The second kappa shape index (κ2) is 7.95. The number of nitrogens with zero attached hydrogens (tertiary/aromatic N) is 2. The quantitative estimate of drug-likeness (QED) is 0.854. The van der Waals surface area contributed by atoms with Gasteiger partial charge in [-0.3, -0.25) is 9.89 Å². The molecule has 1 aromatic heterocycles. The zero-order valence-electron chi connectivity index (χ0n) is 14.2. The lowest BCUT2D eigenvalue weighted by atomic mass is 9.93. The van der Waals surface area contributed by atoms with Gasteiger partial charge in [-0.2, -0.15) is 5.10 Å². The van der Waals surface area contributed by atoms with Crippen molar-refractivity contribution in [3.05, 3.63) is 65.5 Å². The van der Waals surface area contributed by atoms with Gasteiger partial charge in [-0.05, 0) is 31.4 Å². The smallest absolute Gasteiger partial charge is 0.226 e. The van der Waals surface area contributed by atoms with E-state index in [4.69, 9.17) is 0 Å². The van der Waals surface area contributed by atoms with Crippen LogP contribution in [0, 0.1) is 0 Å². The van der Waals surface area contributed by atoms with Gasteiger partial charge in [0.05, 0.1) is 5.69 Å². The molecule has 3 rings (SSSR count). The fourth-order valence-electron chi connectivity index (χ4n) is 3.27. The van der Waals surface area contributed by atoms with Gasteiger partial charge in [-0.15, -0.1) is 0 Å². The molecule has 1 aromatic carbocycles. The Morgan fingerprint density at radius 3 is 2.75 bits per heavy atom. The molecule has 0 radical (unpaired) electrons. The minimum Gasteiger partial charge on any atom is -0.342 e. The molecule has 1 amide bonds. The number of hydrogen-bond acceptors (Lipinski definition) is 2. The highest BCUT2D eigenvalue weighted by Crippen LogP contribution is 2.27. The van der Waals surface area contributed by atoms with E-state index in [9.17, 15) is 4.79 Å². The van der Waals surface area contributed by atoms with Crippen LogP contribution in [0.15, 0.2) is 48.6 Å². The van der Waals surface area contributed by atoms with Crippen LogP contribution < -0.4 is 0 Å². The summed E-state index contributed by atoms with van der Waals surface area (Å²) in [6.45, 7) is 3.62. The number of allylic oxidation sites excluding steroid dienone is 1. The van der Waals surface area contributed by atoms with Crippen LogP contribution in [0.1, 0.15) is 49.1 Å². The van der Waals surface area contributed by atoms with E-state index in [0.29, 0.717) is 12.3 Å². The van der Waals surface area contributed by atoms with Gasteiger partial charge in [0.15, 0.2) is 0 Å². The SMILES string of the molecule is C/C=C/CC(=O)N1CCC(c2cc(Cc3ccccc3)[nH]n2)CC1. The maximum atomic E-state index is 12.1. The van der Waals surface area contributed by atoms with Crippen molar-refractivity contribution in [3.63, 3.8) is 0 Å². The van der Waals surface area contributed by atoms with E-state index in [1.807, 2.05) is 30.0 Å². The van der Waals surface area contributed by atoms with E-state index in [2.05, 4.69) is 40.5 Å². The van der Waals surface area contributed by atoms with Crippen molar-refractivity contribution in [2.75, 3.05) is 13.1 Å². The molecule has 0 unspecified atom stereocenters. The first-order chi connectivity index (χ1) is 11.8. The number of aromatic nitrogens is 2. The third kappa shape index (κ3) is 4.13. The van der Waals surface area contributed by atoms with Crippen molar-refractivity contribution in [1.82, 2.24) is 15.1 Å². The predicted octanol–water partition coefficient (Wildman–Crippen LogP) is 3.67. The summed E-state index contributed by atoms with van der Waals surface area (Å²) < 4.78 is 0. The number of benzene rings is 1. The Kier molecular flexibility index (Phi) is 5.47. The summed E-state index contributed by atoms with van der Waals surface area (Å²) in [6, 6.07) is 12.6. The summed E-state index contributed by atoms with van der Waals surface area (Å²) in [5.41, 5.74) is 3.58. The lowest BCUT2D eigenvalue weighted by molar-refractivity contribution is -0.131. The molecule has 0 aliphatic carbocycles. The minimum atomic E-state index is 0.235. The van der Waals surface area contributed by atoms with Gasteiger partial charge < -0.3 is 4.90 Å². The second-order valence-electron chi connectivity index (χ2n) is 6.41. The fraction of sp³-hybridized carbons (Fsp3) is 0.400. The zero-order chi connectivity index (χ0) is 16.8. The molecule has 2 aromatic rings. The van der Waals surface area contributed by atoms with Gasteiger partial charge in [-0.25, -0.2) is 0 Å². The summed E-state index contributed by atoms with van der Waals surface area (Å²) in [4.78, 5) is 14.0. The van der Waals surface area contributed by atoms with Gasteiger partial charge in [-0.1, -0.05) is 42.5 Å². The van der Waals surface area contributed by atoms with Crippen LogP contribution in [-0.4, -0.2) is 34.1 Å². The number of carbonyl (C=O) groups excluding carboxylic acids is 1. The van der Waals surface area contributed by atoms with Crippen LogP contribution in [0.2, 0.25) is 0 Å². The Morgan fingerprint density at radius 2 is 2.04 bits per heavy atom. The van der Waals surface area contributed by atoms with E-state index >= 15 is 0 Å². The molecule has 0 spiro atoms. The molecule has 1 aliphatic rings. The lowest BCUT2D eigenvalue weighted by Gasteiger charge is -2.31. The third-order valence-corrected chi connectivity index (χ3v) is 4.68. The van der Waals surface area contributed by atoms with Gasteiger partial charge >= 0.3 is 0 Å². The maximum Gasteiger partial charge on any atom is 0.226 e. The molecule has 4 heteroatoms. The highest BCUT2D eigenvalue weighted by molar-refractivity contribution is 5.77.